The third-order valence-electron chi connectivity index (χ3n) is 4.30. The molecule has 0 radical (unpaired) electrons. The van der Waals surface area contributed by atoms with Gasteiger partial charge in [0.05, 0.1) is 10.5 Å². The van der Waals surface area contributed by atoms with Crippen LogP contribution >= 0.6 is 24.0 Å². The van der Waals surface area contributed by atoms with Crippen LogP contribution in [0.1, 0.15) is 43.0 Å². The van der Waals surface area contributed by atoms with Crippen molar-refractivity contribution in [1.29, 1.82) is 0 Å². The Morgan fingerprint density at radius 3 is 2.38 bits per heavy atom. The molecule has 1 amide bonds. The highest BCUT2D eigenvalue weighted by molar-refractivity contribution is 7.98. The van der Waals surface area contributed by atoms with Crippen molar-refractivity contribution >= 4 is 34.9 Å². The van der Waals surface area contributed by atoms with Crippen LogP contribution in [0.15, 0.2) is 29.2 Å². The first-order valence-corrected chi connectivity index (χ1v) is 8.86. The van der Waals surface area contributed by atoms with Crippen molar-refractivity contribution in [2.24, 2.45) is 11.7 Å². The summed E-state index contributed by atoms with van der Waals surface area (Å²) >= 11 is 6.89. The number of hydrogen-bond donors (Lipinski definition) is 2. The first-order valence-electron chi connectivity index (χ1n) is 7.23. The van der Waals surface area contributed by atoms with Crippen molar-refractivity contribution in [3.63, 3.8) is 0 Å². The molecule has 0 aromatic heterocycles. The van der Waals surface area contributed by atoms with E-state index >= 15 is 0 Å². The monoisotopic (exact) mass is 322 g/mol. The molecule has 3 nitrogen and oxygen atoms in total. The lowest BCUT2D eigenvalue weighted by atomic mass is 9.77. The summed E-state index contributed by atoms with van der Waals surface area (Å²) in [6.45, 7) is 2.23. The molecule has 21 heavy (non-hydrogen) atoms. The Morgan fingerprint density at radius 1 is 1.33 bits per heavy atom. The van der Waals surface area contributed by atoms with E-state index in [9.17, 15) is 4.79 Å². The molecule has 0 heterocycles. The topological polar surface area (TPSA) is 55.1 Å². The predicted molar refractivity (Wildman–Crippen MR) is 92.8 cm³/mol. The van der Waals surface area contributed by atoms with Gasteiger partial charge >= 0.3 is 0 Å². The minimum atomic E-state index is -0.517. The van der Waals surface area contributed by atoms with Crippen molar-refractivity contribution in [2.75, 3.05) is 6.26 Å². The van der Waals surface area contributed by atoms with Gasteiger partial charge in [0, 0.05) is 10.5 Å². The number of carbonyl (C=O) groups is 1. The Morgan fingerprint density at radius 2 is 1.90 bits per heavy atom. The van der Waals surface area contributed by atoms with Crippen LogP contribution in [0.2, 0.25) is 0 Å². The van der Waals surface area contributed by atoms with Gasteiger partial charge < -0.3 is 11.1 Å². The Balaban J connectivity index is 2.12. The predicted octanol–water partition coefficient (Wildman–Crippen LogP) is 3.37. The van der Waals surface area contributed by atoms with Gasteiger partial charge in [0.15, 0.2) is 0 Å². The zero-order valence-corrected chi connectivity index (χ0v) is 14.2. The molecular formula is C16H22N2OS2. The maximum atomic E-state index is 12.5. The Kier molecular flexibility index (Phi) is 5.27. The Hall–Kier alpha value is -1.07. The second-order valence-electron chi connectivity index (χ2n) is 5.81. The molecule has 0 aliphatic heterocycles. The summed E-state index contributed by atoms with van der Waals surface area (Å²) in [5.74, 6) is 0.579. The summed E-state index contributed by atoms with van der Waals surface area (Å²) in [7, 11) is 0. The van der Waals surface area contributed by atoms with E-state index in [1.807, 2.05) is 30.5 Å². The lowest BCUT2D eigenvalue weighted by molar-refractivity contribution is 0.0900. The maximum absolute atomic E-state index is 12.5. The molecule has 1 aromatic rings. The van der Waals surface area contributed by atoms with E-state index in [1.165, 1.54) is 0 Å². The molecule has 1 fully saturated rings. The van der Waals surface area contributed by atoms with E-state index in [1.54, 1.807) is 11.8 Å². The van der Waals surface area contributed by atoms with Crippen molar-refractivity contribution in [3.05, 3.63) is 29.8 Å². The molecule has 1 aliphatic rings. The number of amides is 1. The number of thioether (sulfide) groups is 1. The highest BCUT2D eigenvalue weighted by Crippen LogP contribution is 2.32. The smallest absolute Gasteiger partial charge is 0.252 e. The van der Waals surface area contributed by atoms with Gasteiger partial charge in [0.25, 0.3) is 5.91 Å². The molecule has 1 aromatic carbocycles. The summed E-state index contributed by atoms with van der Waals surface area (Å²) in [6.07, 6.45) is 5.77. The molecule has 0 atom stereocenters. The highest BCUT2D eigenvalue weighted by Gasteiger charge is 2.38. The summed E-state index contributed by atoms with van der Waals surface area (Å²) in [5.41, 5.74) is 6.07. The van der Waals surface area contributed by atoms with Crippen LogP contribution in [-0.2, 0) is 0 Å². The van der Waals surface area contributed by atoms with Crippen LogP contribution in [0.5, 0.6) is 0 Å². The van der Waals surface area contributed by atoms with Gasteiger partial charge in [-0.25, -0.2) is 0 Å². The number of nitrogens with one attached hydrogen (secondary N) is 1. The number of benzene rings is 1. The van der Waals surface area contributed by atoms with Gasteiger partial charge in [-0.1, -0.05) is 19.1 Å². The average molecular weight is 322 g/mol. The van der Waals surface area contributed by atoms with Gasteiger partial charge in [-0.2, -0.15) is 0 Å². The van der Waals surface area contributed by atoms with Gasteiger partial charge in [-0.3, -0.25) is 4.79 Å². The minimum absolute atomic E-state index is 0.0926. The fourth-order valence-electron chi connectivity index (χ4n) is 2.72. The van der Waals surface area contributed by atoms with Crippen LogP contribution in [0.3, 0.4) is 0 Å². The van der Waals surface area contributed by atoms with Crippen molar-refractivity contribution in [1.82, 2.24) is 5.32 Å². The van der Waals surface area contributed by atoms with Crippen LogP contribution in [-0.4, -0.2) is 22.7 Å². The summed E-state index contributed by atoms with van der Waals surface area (Å²) in [4.78, 5) is 14.0. The number of rotatable bonds is 4. The Bertz CT molecular complexity index is 520. The molecule has 0 bridgehead atoms. The zero-order valence-electron chi connectivity index (χ0n) is 12.5. The highest BCUT2D eigenvalue weighted by atomic mass is 32.2. The number of carbonyl (C=O) groups excluding carboxylic acids is 1. The van der Waals surface area contributed by atoms with E-state index < -0.39 is 5.54 Å². The first-order chi connectivity index (χ1) is 9.97. The molecule has 5 heteroatoms. The van der Waals surface area contributed by atoms with Gasteiger partial charge in [-0.15, -0.1) is 11.8 Å². The fourth-order valence-corrected chi connectivity index (χ4v) is 3.38. The minimum Gasteiger partial charge on any atom is -0.391 e. The van der Waals surface area contributed by atoms with Crippen molar-refractivity contribution < 1.29 is 4.79 Å². The third-order valence-corrected chi connectivity index (χ3v) is 5.44. The standard InChI is InChI=1S/C16H22N2OS2/c1-11-7-9-16(10-8-11,15(17)20)18-14(19)12-3-5-13(21-2)6-4-12/h3-6,11H,7-10H2,1-2H3,(H2,17,20)(H,18,19). The number of hydrogen-bond acceptors (Lipinski definition) is 3. The van der Waals surface area contributed by atoms with Gasteiger partial charge in [0.2, 0.25) is 0 Å². The van der Waals surface area contributed by atoms with E-state index in [4.69, 9.17) is 18.0 Å². The molecule has 0 unspecified atom stereocenters. The van der Waals surface area contributed by atoms with Crippen molar-refractivity contribution in [2.45, 2.75) is 43.0 Å². The van der Waals surface area contributed by atoms with Crippen LogP contribution in [0.25, 0.3) is 0 Å². The Labute approximate surface area is 136 Å². The SMILES string of the molecule is CSc1ccc(C(=O)NC2(C(N)=S)CCC(C)CC2)cc1. The molecule has 114 valence electrons. The molecule has 2 rings (SSSR count). The molecule has 1 saturated carbocycles. The van der Waals surface area contributed by atoms with Crippen molar-refractivity contribution in [3.8, 4) is 0 Å². The van der Waals surface area contributed by atoms with E-state index in [-0.39, 0.29) is 5.91 Å². The second kappa shape index (κ2) is 6.79. The molecule has 3 N–H and O–H groups in total. The second-order valence-corrected chi connectivity index (χ2v) is 7.13. The van der Waals surface area contributed by atoms with E-state index in [2.05, 4.69) is 12.2 Å². The summed E-state index contributed by atoms with van der Waals surface area (Å²) in [5, 5.41) is 3.09. The number of nitrogens with two attached hydrogens (primary N) is 1. The lowest BCUT2D eigenvalue weighted by Gasteiger charge is -2.39. The van der Waals surface area contributed by atoms with Crippen LogP contribution in [0.4, 0.5) is 0 Å². The third kappa shape index (κ3) is 3.77. The average Bonchev–Trinajstić information content (AvgIpc) is 2.49. The number of thiocarbonyl (C=S) groups is 1. The zero-order chi connectivity index (χ0) is 15.5. The van der Waals surface area contributed by atoms with Gasteiger partial charge in [0.1, 0.15) is 0 Å². The summed E-state index contributed by atoms with van der Waals surface area (Å²) in [6, 6.07) is 7.60. The molecule has 0 spiro atoms. The molecule has 0 saturated heterocycles. The van der Waals surface area contributed by atoms with Crippen LogP contribution < -0.4 is 11.1 Å². The largest absolute Gasteiger partial charge is 0.391 e. The van der Waals surface area contributed by atoms with E-state index in [0.717, 1.165) is 30.6 Å². The molecule has 1 aliphatic carbocycles. The van der Waals surface area contributed by atoms with Gasteiger partial charge in [-0.05, 0) is 62.1 Å². The molecular weight excluding hydrogens is 300 g/mol. The lowest BCUT2D eigenvalue weighted by Crippen LogP contribution is -2.58. The maximum Gasteiger partial charge on any atom is 0.252 e. The first kappa shape index (κ1) is 16.3. The van der Waals surface area contributed by atoms with Crippen LogP contribution in [0, 0.1) is 5.92 Å². The van der Waals surface area contributed by atoms with E-state index in [0.29, 0.717) is 16.5 Å². The fraction of sp³-hybridized carbons (Fsp3) is 0.500. The quantitative estimate of drug-likeness (QED) is 0.659. The summed E-state index contributed by atoms with van der Waals surface area (Å²) < 4.78 is 0. The normalized spacial score (nSPS) is 25.3.